The Morgan fingerprint density at radius 2 is 2.10 bits per heavy atom. The Morgan fingerprint density at radius 1 is 1.32 bits per heavy atom. The third-order valence-corrected chi connectivity index (χ3v) is 4.46. The Bertz CT molecular complexity index is 1100. The second-order valence-corrected chi connectivity index (χ2v) is 6.80. The number of alkyl halides is 3. The van der Waals surface area contributed by atoms with Gasteiger partial charge in [0.05, 0.1) is 23.2 Å². The topological polar surface area (TPSA) is 125 Å². The molecule has 1 aliphatic rings. The first-order chi connectivity index (χ1) is 14.6. The van der Waals surface area contributed by atoms with Crippen LogP contribution in [0.1, 0.15) is 28.0 Å². The van der Waals surface area contributed by atoms with Crippen LogP contribution in [-0.2, 0) is 6.18 Å². The Balaban J connectivity index is 1.62. The number of rotatable bonds is 5. The van der Waals surface area contributed by atoms with Crippen LogP contribution in [-0.4, -0.2) is 34.4 Å². The number of primary amides is 1. The van der Waals surface area contributed by atoms with Gasteiger partial charge in [-0.2, -0.15) is 23.3 Å². The van der Waals surface area contributed by atoms with Gasteiger partial charge in [0.1, 0.15) is 5.69 Å². The third-order valence-electron chi connectivity index (χ3n) is 4.46. The fraction of sp³-hybridized carbons (Fsp3) is 0.200. The van der Waals surface area contributed by atoms with Crippen molar-refractivity contribution in [3.05, 3.63) is 65.0 Å². The maximum Gasteiger partial charge on any atom is 0.416 e. The molecule has 0 saturated heterocycles. The summed E-state index contributed by atoms with van der Waals surface area (Å²) in [6.45, 7) is 1.69. The van der Waals surface area contributed by atoms with Crippen LogP contribution < -0.4 is 16.4 Å². The molecule has 0 saturated carbocycles. The molecule has 11 heteroatoms. The normalized spacial score (nSPS) is 15.0. The highest BCUT2D eigenvalue weighted by Gasteiger charge is 2.32. The van der Waals surface area contributed by atoms with Crippen molar-refractivity contribution in [2.75, 3.05) is 17.2 Å². The molecule has 2 aromatic rings. The smallest absolute Gasteiger partial charge is 0.378 e. The molecule has 1 aromatic carbocycles. The lowest BCUT2D eigenvalue weighted by Gasteiger charge is -2.13. The van der Waals surface area contributed by atoms with Gasteiger partial charge in [-0.15, -0.1) is 0 Å². The van der Waals surface area contributed by atoms with E-state index in [0.29, 0.717) is 24.4 Å². The van der Waals surface area contributed by atoms with Crippen molar-refractivity contribution < 1.29 is 22.8 Å². The molecular formula is C20H19F3N6O2. The fourth-order valence-electron chi connectivity index (χ4n) is 2.95. The summed E-state index contributed by atoms with van der Waals surface area (Å²) in [6.07, 6.45) is 2.40. The number of nitrogens with one attached hydrogen (secondary N) is 3. The molecule has 0 bridgehead atoms. The molecule has 3 amide bonds. The average Bonchev–Trinajstić information content (AvgIpc) is 3.16. The number of aromatic amines is 1. The number of urea groups is 1. The molecule has 31 heavy (non-hydrogen) atoms. The van der Waals surface area contributed by atoms with E-state index < -0.39 is 23.7 Å². The number of benzene rings is 1. The minimum absolute atomic E-state index is 0.00318. The van der Waals surface area contributed by atoms with Gasteiger partial charge in [-0.05, 0) is 36.3 Å². The van der Waals surface area contributed by atoms with Gasteiger partial charge in [0.2, 0.25) is 0 Å². The lowest BCUT2D eigenvalue weighted by molar-refractivity contribution is -0.138. The predicted molar refractivity (Wildman–Crippen MR) is 110 cm³/mol. The number of hydrogen-bond donors (Lipinski definition) is 4. The standard InChI is InChI=1S/C20H19F3N6O2/c1-11-5-6-14(8-15(11)20(21,22)23)28-19(31)27-13-4-2-3-12(7-13)9-25-16-10-26-29-17(16)18(24)30/h2-6,8,10,25H,7,9H2,1H3,(H2,24,30)(H,26,29)(H,28,31). The second kappa shape index (κ2) is 8.86. The fourth-order valence-corrected chi connectivity index (χ4v) is 2.95. The number of aliphatic imine (C=N–C) groups is 1. The van der Waals surface area contributed by atoms with E-state index in [4.69, 9.17) is 5.73 Å². The van der Waals surface area contributed by atoms with E-state index in [0.717, 1.165) is 11.6 Å². The molecule has 3 rings (SSSR count). The Hall–Kier alpha value is -3.89. The highest BCUT2D eigenvalue weighted by molar-refractivity contribution is 6.07. The predicted octanol–water partition coefficient (Wildman–Crippen LogP) is 3.81. The number of H-pyrrole nitrogens is 1. The molecule has 1 aliphatic carbocycles. The summed E-state index contributed by atoms with van der Waals surface area (Å²) in [5.74, 6) is -0.652. The molecule has 0 radical (unpaired) electrons. The Morgan fingerprint density at radius 3 is 2.81 bits per heavy atom. The minimum atomic E-state index is -4.51. The van der Waals surface area contributed by atoms with Crippen LogP contribution in [0.2, 0.25) is 0 Å². The SMILES string of the molecule is Cc1ccc(NC(=O)N=C2C=CC=C(CNc3cn[nH]c3C(N)=O)C2)cc1C(F)(F)F. The summed E-state index contributed by atoms with van der Waals surface area (Å²) in [7, 11) is 0. The van der Waals surface area contributed by atoms with Crippen LogP contribution >= 0.6 is 0 Å². The zero-order valence-corrected chi connectivity index (χ0v) is 16.4. The third kappa shape index (κ3) is 5.59. The number of aromatic nitrogens is 2. The monoisotopic (exact) mass is 432 g/mol. The molecule has 0 fully saturated rings. The van der Waals surface area contributed by atoms with Gasteiger partial charge in [-0.3, -0.25) is 9.89 Å². The quantitative estimate of drug-likeness (QED) is 0.573. The van der Waals surface area contributed by atoms with E-state index in [2.05, 4.69) is 25.8 Å². The summed E-state index contributed by atoms with van der Waals surface area (Å²) in [5.41, 5.74) is 6.38. The first-order valence-electron chi connectivity index (χ1n) is 9.13. The maximum atomic E-state index is 13.0. The van der Waals surface area contributed by atoms with Crippen molar-refractivity contribution in [1.29, 1.82) is 0 Å². The van der Waals surface area contributed by atoms with Gasteiger partial charge >= 0.3 is 12.2 Å². The van der Waals surface area contributed by atoms with Crippen molar-refractivity contribution in [3.8, 4) is 0 Å². The second-order valence-electron chi connectivity index (χ2n) is 6.80. The number of halogens is 3. The number of nitrogens with zero attached hydrogens (tertiary/aromatic N) is 2. The van der Waals surface area contributed by atoms with Gasteiger partial charge in [0.15, 0.2) is 0 Å². The molecule has 8 nitrogen and oxygen atoms in total. The molecule has 1 heterocycles. The maximum absolute atomic E-state index is 13.0. The van der Waals surface area contributed by atoms with E-state index in [1.54, 1.807) is 12.2 Å². The molecule has 162 valence electrons. The van der Waals surface area contributed by atoms with Crippen LogP contribution in [0.15, 0.2) is 53.2 Å². The lowest BCUT2D eigenvalue weighted by Crippen LogP contribution is -2.17. The first kappa shape index (κ1) is 21.8. The molecule has 0 aliphatic heterocycles. The van der Waals surface area contributed by atoms with Crippen LogP contribution in [0, 0.1) is 6.92 Å². The molecule has 5 N–H and O–H groups in total. The highest BCUT2D eigenvalue weighted by Crippen LogP contribution is 2.33. The van der Waals surface area contributed by atoms with Crippen molar-refractivity contribution >= 4 is 29.0 Å². The Kier molecular flexibility index (Phi) is 6.23. The summed E-state index contributed by atoms with van der Waals surface area (Å²) in [5, 5.41) is 11.6. The number of allylic oxidation sites excluding steroid dienone is 3. The van der Waals surface area contributed by atoms with Gasteiger partial charge in [-0.25, -0.2) is 4.79 Å². The molecule has 0 unspecified atom stereocenters. The number of aryl methyl sites for hydroxylation is 1. The largest absolute Gasteiger partial charge is 0.416 e. The summed E-state index contributed by atoms with van der Waals surface area (Å²) in [4.78, 5) is 27.4. The van der Waals surface area contributed by atoms with E-state index in [1.807, 2.05) is 6.08 Å². The van der Waals surface area contributed by atoms with Crippen LogP contribution in [0.5, 0.6) is 0 Å². The molecule has 0 atom stereocenters. The van der Waals surface area contributed by atoms with Gasteiger partial charge < -0.3 is 16.4 Å². The number of amides is 3. The molecular weight excluding hydrogens is 413 g/mol. The molecule has 0 spiro atoms. The highest BCUT2D eigenvalue weighted by atomic mass is 19.4. The zero-order chi connectivity index (χ0) is 22.6. The summed E-state index contributed by atoms with van der Waals surface area (Å²) in [6, 6.07) is 2.77. The van der Waals surface area contributed by atoms with Crippen LogP contribution in [0.3, 0.4) is 0 Å². The zero-order valence-electron chi connectivity index (χ0n) is 16.4. The van der Waals surface area contributed by atoms with Crippen LogP contribution in [0.4, 0.5) is 29.3 Å². The van der Waals surface area contributed by atoms with Crippen molar-refractivity contribution in [1.82, 2.24) is 10.2 Å². The number of anilines is 2. The van der Waals surface area contributed by atoms with E-state index in [9.17, 15) is 22.8 Å². The first-order valence-corrected chi connectivity index (χ1v) is 9.13. The van der Waals surface area contributed by atoms with Crippen molar-refractivity contribution in [2.45, 2.75) is 19.5 Å². The molecule has 1 aromatic heterocycles. The lowest BCUT2D eigenvalue weighted by atomic mass is 10.0. The summed E-state index contributed by atoms with van der Waals surface area (Å²) >= 11 is 0. The van der Waals surface area contributed by atoms with E-state index >= 15 is 0 Å². The van der Waals surface area contributed by atoms with Crippen molar-refractivity contribution in [2.24, 2.45) is 10.7 Å². The number of carbonyl (C=O) groups excluding carboxylic acids is 2. The van der Waals surface area contributed by atoms with Crippen LogP contribution in [0.25, 0.3) is 0 Å². The van der Waals surface area contributed by atoms with Gasteiger partial charge in [-0.1, -0.05) is 18.2 Å². The Labute approximate surface area is 175 Å². The summed E-state index contributed by atoms with van der Waals surface area (Å²) < 4.78 is 39.1. The van der Waals surface area contributed by atoms with Gasteiger partial charge in [0, 0.05) is 18.7 Å². The van der Waals surface area contributed by atoms with E-state index in [-0.39, 0.29) is 16.9 Å². The number of nitrogens with two attached hydrogens (primary N) is 1. The average molecular weight is 432 g/mol. The van der Waals surface area contributed by atoms with E-state index in [1.165, 1.54) is 25.3 Å². The van der Waals surface area contributed by atoms with Gasteiger partial charge in [0.25, 0.3) is 5.91 Å². The number of carbonyl (C=O) groups is 2. The minimum Gasteiger partial charge on any atom is -0.378 e. The number of hydrogen-bond acceptors (Lipinski definition) is 4. The van der Waals surface area contributed by atoms with Crippen molar-refractivity contribution in [3.63, 3.8) is 0 Å².